The van der Waals surface area contributed by atoms with Crippen LogP contribution in [0, 0.1) is 0 Å². The zero-order chi connectivity index (χ0) is 34.8. The minimum Gasteiger partial charge on any atom is -0.399 e. The number of benzene rings is 2. The maximum absolute atomic E-state index is 13.4. The molecule has 0 radical (unpaired) electrons. The van der Waals surface area contributed by atoms with Gasteiger partial charge in [0, 0.05) is 66.5 Å². The molecule has 9 nitrogen and oxygen atoms in total. The topological polar surface area (TPSA) is 85.8 Å². The highest BCUT2D eigenvalue weighted by molar-refractivity contribution is 8.13. The van der Waals surface area contributed by atoms with Crippen LogP contribution in [0.4, 0.5) is 4.79 Å². The Balaban J connectivity index is 1.42. The van der Waals surface area contributed by atoms with Crippen molar-refractivity contribution >= 4 is 80.9 Å². The Kier molecular flexibility index (Phi) is 15.0. The number of amides is 3. The summed E-state index contributed by atoms with van der Waals surface area (Å²) in [5.74, 6) is 0.296. The number of oxime groups is 1. The zero-order valence-corrected chi connectivity index (χ0v) is 31.4. The Hall–Kier alpha value is -2.21. The van der Waals surface area contributed by atoms with E-state index in [1.54, 1.807) is 41.1 Å². The number of rotatable bonds is 14. The fraction of sp³-hybridized carbons (Fsp3) is 0.529. The molecule has 2 fully saturated rings. The van der Waals surface area contributed by atoms with Crippen LogP contribution in [0.15, 0.2) is 41.6 Å². The highest BCUT2D eigenvalue weighted by atomic mass is 35.5. The van der Waals surface area contributed by atoms with E-state index in [2.05, 4.69) is 10.1 Å². The molecule has 262 valence electrons. The predicted octanol–water partition coefficient (Wildman–Crippen LogP) is 7.81. The number of hydrogen-bond acceptors (Lipinski definition) is 7. The molecule has 0 N–H and O–H groups in total. The summed E-state index contributed by atoms with van der Waals surface area (Å²) in [6.45, 7) is 6.18. The molecule has 0 aliphatic carbocycles. The number of nitrogens with zero attached hydrogens (tertiary/aromatic N) is 5. The lowest BCUT2D eigenvalue weighted by Gasteiger charge is -2.43. The largest absolute Gasteiger partial charge is 0.399 e. The molecule has 0 spiro atoms. The van der Waals surface area contributed by atoms with Crippen molar-refractivity contribution in [2.24, 2.45) is 5.16 Å². The third-order valence-electron chi connectivity index (χ3n) is 8.67. The fourth-order valence-electron chi connectivity index (χ4n) is 6.26. The zero-order valence-electron chi connectivity index (χ0n) is 27.6. The van der Waals surface area contributed by atoms with Crippen LogP contribution in [0.2, 0.25) is 20.1 Å². The first-order valence-electron chi connectivity index (χ1n) is 16.2. The van der Waals surface area contributed by atoms with Crippen molar-refractivity contribution in [3.8, 4) is 0 Å². The number of piperidine rings is 1. The lowest BCUT2D eigenvalue weighted by Crippen LogP contribution is -2.56. The summed E-state index contributed by atoms with van der Waals surface area (Å²) in [6, 6.07) is 10.4. The van der Waals surface area contributed by atoms with E-state index in [9.17, 15) is 14.4 Å². The molecule has 0 bridgehead atoms. The standard InChI is InChI=1S/C34H43Cl4N5O4S/c1-4-16-48-32(44)22-42-11-5-12-43(34(42)46)27-8-13-41(14-9-27)15-10-28(23-6-7-29(37)30(38)19-23)31(39-47-3)21-40(2)33(45)24-17-25(35)20-26(36)18-24/h6-7,17-20,27-28H,4-5,8-16,21-22H2,1-3H3/b39-31+. The molecule has 48 heavy (non-hydrogen) atoms. The smallest absolute Gasteiger partial charge is 0.320 e. The summed E-state index contributed by atoms with van der Waals surface area (Å²) < 4.78 is 0. The Morgan fingerprint density at radius 2 is 1.73 bits per heavy atom. The van der Waals surface area contributed by atoms with Crippen LogP contribution in [0.1, 0.15) is 60.9 Å². The third kappa shape index (κ3) is 10.6. The van der Waals surface area contributed by atoms with Gasteiger partial charge < -0.3 is 24.4 Å². The van der Waals surface area contributed by atoms with Crippen molar-refractivity contribution in [2.75, 3.05) is 65.7 Å². The molecule has 2 aromatic rings. The van der Waals surface area contributed by atoms with Crippen LogP contribution in [0.3, 0.4) is 0 Å². The van der Waals surface area contributed by atoms with Gasteiger partial charge in [0.2, 0.25) is 5.12 Å². The van der Waals surface area contributed by atoms with Crippen molar-refractivity contribution in [2.45, 2.75) is 51.0 Å². The Morgan fingerprint density at radius 1 is 1.02 bits per heavy atom. The molecule has 0 saturated carbocycles. The van der Waals surface area contributed by atoms with E-state index in [-0.39, 0.29) is 42.1 Å². The van der Waals surface area contributed by atoms with Gasteiger partial charge in [-0.3, -0.25) is 9.59 Å². The molecule has 2 aromatic carbocycles. The lowest BCUT2D eigenvalue weighted by atomic mass is 9.89. The minimum atomic E-state index is -0.256. The minimum absolute atomic E-state index is 0.0241. The molecule has 2 aliphatic heterocycles. The Morgan fingerprint density at radius 3 is 2.38 bits per heavy atom. The van der Waals surface area contributed by atoms with Gasteiger partial charge in [-0.1, -0.05) is 76.3 Å². The van der Waals surface area contributed by atoms with Gasteiger partial charge >= 0.3 is 6.03 Å². The fourth-order valence-corrected chi connectivity index (χ4v) is 7.77. The average molecular weight is 760 g/mol. The molecular weight excluding hydrogens is 716 g/mol. The summed E-state index contributed by atoms with van der Waals surface area (Å²) in [7, 11) is 3.18. The SMILES string of the molecule is CCCSC(=O)CN1CCCN(C2CCN(CCC(/C(CN(C)C(=O)c3cc(Cl)cc(Cl)c3)=N/OC)c3ccc(Cl)c(Cl)c3)CC2)C1=O. The number of carbonyl (C=O) groups is 3. The maximum Gasteiger partial charge on any atom is 0.320 e. The predicted molar refractivity (Wildman–Crippen MR) is 197 cm³/mol. The van der Waals surface area contributed by atoms with Crippen LogP contribution < -0.4 is 0 Å². The van der Waals surface area contributed by atoms with E-state index in [1.807, 2.05) is 24.0 Å². The first kappa shape index (κ1) is 38.6. The summed E-state index contributed by atoms with van der Waals surface area (Å²) >= 11 is 26.4. The molecule has 3 amide bonds. The molecular formula is C34H43Cl4N5O4S. The quantitative estimate of drug-likeness (QED) is 0.144. The van der Waals surface area contributed by atoms with Crippen LogP contribution >= 0.6 is 58.2 Å². The molecule has 2 heterocycles. The van der Waals surface area contributed by atoms with E-state index in [1.165, 1.54) is 18.9 Å². The second-order valence-corrected chi connectivity index (χ2v) is 15.0. The summed E-state index contributed by atoms with van der Waals surface area (Å²) in [5.41, 5.74) is 1.94. The normalized spacial score (nSPS) is 17.1. The van der Waals surface area contributed by atoms with Crippen molar-refractivity contribution in [1.82, 2.24) is 19.6 Å². The van der Waals surface area contributed by atoms with Crippen molar-refractivity contribution in [3.63, 3.8) is 0 Å². The third-order valence-corrected chi connectivity index (χ3v) is 10.9. The summed E-state index contributed by atoms with van der Waals surface area (Å²) in [4.78, 5) is 52.0. The lowest BCUT2D eigenvalue weighted by molar-refractivity contribution is -0.111. The van der Waals surface area contributed by atoms with Crippen molar-refractivity contribution in [1.29, 1.82) is 0 Å². The van der Waals surface area contributed by atoms with E-state index in [0.717, 1.165) is 63.2 Å². The van der Waals surface area contributed by atoms with Crippen LogP contribution in [-0.2, 0) is 9.63 Å². The molecule has 2 saturated heterocycles. The van der Waals surface area contributed by atoms with Gasteiger partial charge in [0.15, 0.2) is 0 Å². The van der Waals surface area contributed by atoms with E-state index < -0.39 is 0 Å². The molecule has 4 rings (SSSR count). The van der Waals surface area contributed by atoms with Gasteiger partial charge in [-0.15, -0.1) is 0 Å². The second kappa shape index (κ2) is 18.7. The van der Waals surface area contributed by atoms with E-state index in [0.29, 0.717) is 44.3 Å². The molecule has 0 aromatic heterocycles. The molecule has 1 atom stereocenters. The summed E-state index contributed by atoms with van der Waals surface area (Å²) in [6.07, 6.45) is 4.19. The van der Waals surface area contributed by atoms with Gasteiger partial charge in [-0.25, -0.2) is 4.79 Å². The van der Waals surface area contributed by atoms with E-state index >= 15 is 0 Å². The van der Waals surface area contributed by atoms with Gasteiger partial charge in [0.25, 0.3) is 5.91 Å². The first-order chi connectivity index (χ1) is 23.0. The number of urea groups is 1. The van der Waals surface area contributed by atoms with Gasteiger partial charge in [-0.2, -0.15) is 0 Å². The maximum atomic E-state index is 13.4. The first-order valence-corrected chi connectivity index (χ1v) is 18.7. The number of halogens is 4. The summed E-state index contributed by atoms with van der Waals surface area (Å²) in [5, 5.41) is 6.08. The van der Waals surface area contributed by atoms with Crippen molar-refractivity contribution in [3.05, 3.63) is 67.6 Å². The van der Waals surface area contributed by atoms with Crippen molar-refractivity contribution < 1.29 is 19.2 Å². The number of thioether (sulfide) groups is 1. The van der Waals surface area contributed by atoms with Gasteiger partial charge in [0.05, 0.1) is 28.8 Å². The highest BCUT2D eigenvalue weighted by Crippen LogP contribution is 2.31. The van der Waals surface area contributed by atoms with Crippen LogP contribution in [0.25, 0.3) is 0 Å². The highest BCUT2D eigenvalue weighted by Gasteiger charge is 2.34. The monoisotopic (exact) mass is 757 g/mol. The average Bonchev–Trinajstić information content (AvgIpc) is 3.06. The van der Waals surface area contributed by atoms with Crippen LogP contribution in [0.5, 0.6) is 0 Å². The second-order valence-electron chi connectivity index (χ2n) is 12.1. The molecule has 14 heteroatoms. The Bertz CT molecular complexity index is 1450. The number of carbonyl (C=O) groups excluding carboxylic acids is 3. The number of likely N-dealkylation sites (tertiary alicyclic amines) is 1. The Labute approximate surface area is 307 Å². The molecule has 1 unspecified atom stereocenters. The molecule has 2 aliphatic rings. The van der Waals surface area contributed by atoms with Crippen LogP contribution in [-0.4, -0.2) is 114 Å². The van der Waals surface area contributed by atoms with E-state index in [4.69, 9.17) is 51.2 Å². The van der Waals surface area contributed by atoms with Gasteiger partial charge in [-0.05, 0) is 74.5 Å². The van der Waals surface area contributed by atoms with Gasteiger partial charge in [0.1, 0.15) is 7.11 Å². The number of hydrogen-bond donors (Lipinski definition) is 0.